The van der Waals surface area contributed by atoms with Crippen molar-refractivity contribution in [1.29, 1.82) is 0 Å². The van der Waals surface area contributed by atoms with Crippen LogP contribution in [0.15, 0.2) is 58.6 Å². The van der Waals surface area contributed by atoms with Crippen LogP contribution in [0.1, 0.15) is 84.5 Å². The molecule has 0 spiro atoms. The van der Waals surface area contributed by atoms with E-state index in [0.29, 0.717) is 42.0 Å². The highest BCUT2D eigenvalue weighted by Gasteiger charge is 2.32. The number of carboxylic acids is 5. The van der Waals surface area contributed by atoms with E-state index in [-0.39, 0.29) is 133 Å². The fourth-order valence-corrected chi connectivity index (χ4v) is 12.7. The Morgan fingerprint density at radius 2 is 1.11 bits per heavy atom. The Labute approximate surface area is 581 Å². The maximum absolute atomic E-state index is 14.0. The second kappa shape index (κ2) is 41.1. The number of H-pyrrole nitrogens is 1. The number of nitrogens with one attached hydrogen (secondary N) is 9. The Morgan fingerprint density at radius 1 is 0.604 bits per heavy atom. The van der Waals surface area contributed by atoms with Gasteiger partial charge in [0.15, 0.2) is 5.95 Å². The summed E-state index contributed by atoms with van der Waals surface area (Å²) in [5.74, 6) is -11.3. The lowest BCUT2D eigenvalue weighted by atomic mass is 10.1. The van der Waals surface area contributed by atoms with E-state index in [1.165, 1.54) is 27.8 Å². The molecule has 4 aromatic rings. The first kappa shape index (κ1) is 81.9. The molecule has 0 saturated carbocycles. The van der Waals surface area contributed by atoms with E-state index in [2.05, 4.69) is 51.9 Å². The van der Waals surface area contributed by atoms with Crippen molar-refractivity contribution in [3.05, 3.63) is 87.0 Å². The molecule has 37 heteroatoms. The van der Waals surface area contributed by atoms with Crippen LogP contribution in [0.4, 0.5) is 5.95 Å². The van der Waals surface area contributed by atoms with Crippen LogP contribution < -0.4 is 47.4 Å². The van der Waals surface area contributed by atoms with Gasteiger partial charge in [0.2, 0.25) is 45.0 Å². The van der Waals surface area contributed by atoms with Crippen LogP contribution in [0, 0.1) is 20.8 Å². The number of sulfonamides is 1. The Kier molecular flexibility index (Phi) is 33.3. The average molecular weight is 1440 g/mol. The number of fused-ring (bicyclic) bond motifs is 1. The molecule has 1 aliphatic heterocycles. The quantitative estimate of drug-likeness (QED) is 0.0207. The molecule has 0 bridgehead atoms. The topological polar surface area (TPSA) is 509 Å². The summed E-state index contributed by atoms with van der Waals surface area (Å²) < 4.78 is 36.8. The molecule has 0 aliphatic carbocycles. The number of carbonyl (C=O) groups excluding carboxylic acids is 7. The van der Waals surface area contributed by atoms with Gasteiger partial charge in [0, 0.05) is 142 Å². The molecule has 1 fully saturated rings. The maximum Gasteiger partial charge on any atom is 0.317 e. The maximum atomic E-state index is 14.0. The molecule has 1 aliphatic rings. The fraction of sp³-hybridized carbons (Fsp3) is 0.531. The summed E-state index contributed by atoms with van der Waals surface area (Å²) in [6.07, 6.45) is 3.25. The third-order valence-corrected chi connectivity index (χ3v) is 17.7. The van der Waals surface area contributed by atoms with Gasteiger partial charge in [-0.3, -0.25) is 81.9 Å². The molecule has 2 aromatic heterocycles. The normalized spacial score (nSPS) is 14.6. The zero-order valence-electron chi connectivity index (χ0n) is 56.8. The van der Waals surface area contributed by atoms with E-state index in [9.17, 15) is 96.3 Å². The number of imidazole rings is 1. The van der Waals surface area contributed by atoms with Gasteiger partial charge in [-0.1, -0.05) is 23.8 Å². The predicted octanol–water partition coefficient (Wildman–Crippen LogP) is -2.36. The molecule has 1 unspecified atom stereocenters. The highest BCUT2D eigenvalue weighted by Crippen LogP contribution is 2.23. The molecule has 6 amide bonds. The first-order chi connectivity index (χ1) is 47.9. The Bertz CT molecular complexity index is 3700. The Hall–Kier alpha value is -9.79. The van der Waals surface area contributed by atoms with Gasteiger partial charge < -0.3 is 77.0 Å². The van der Waals surface area contributed by atoms with Crippen LogP contribution in [0.25, 0.3) is 10.9 Å². The molecule has 3 atom stereocenters. The number of carbonyl (C=O) groups is 12. The Balaban J connectivity index is 1.05. The minimum absolute atomic E-state index is 0.00869. The molecule has 0 radical (unpaired) electrons. The highest BCUT2D eigenvalue weighted by molar-refractivity contribution is 7.89. The van der Waals surface area contributed by atoms with Crippen LogP contribution in [0.5, 0.6) is 0 Å². The van der Waals surface area contributed by atoms with Gasteiger partial charge in [0.05, 0.1) is 55.5 Å². The number of benzene rings is 2. The number of hydrogen-bond donors (Lipinski definition) is 14. The van der Waals surface area contributed by atoms with Crippen LogP contribution in [0.2, 0.25) is 0 Å². The number of ether oxygens (including phenoxy) is 1. The number of carboxylic acid groups (broad SMARTS) is 5. The molecule has 2 aromatic carbocycles. The van der Waals surface area contributed by atoms with Gasteiger partial charge >= 0.3 is 29.8 Å². The van der Waals surface area contributed by atoms with Crippen molar-refractivity contribution in [2.45, 2.75) is 109 Å². The summed E-state index contributed by atoms with van der Waals surface area (Å²) in [6, 6.07) is 3.55. The first-order valence-electron chi connectivity index (χ1n) is 32.6. The minimum atomic E-state index is -4.23. The lowest BCUT2D eigenvalue weighted by Crippen LogP contribution is -2.56. The summed E-state index contributed by atoms with van der Waals surface area (Å²) in [4.78, 5) is 178. The molecule has 101 heavy (non-hydrogen) atoms. The van der Waals surface area contributed by atoms with Crippen molar-refractivity contribution in [2.75, 3.05) is 123 Å². The van der Waals surface area contributed by atoms with E-state index in [0.717, 1.165) is 11.1 Å². The number of aromatic amines is 1. The lowest BCUT2D eigenvalue weighted by molar-refractivity contribution is -0.143. The summed E-state index contributed by atoms with van der Waals surface area (Å²) in [6.45, 7) is 5.70. The largest absolute Gasteiger partial charge is 0.481 e. The van der Waals surface area contributed by atoms with Crippen LogP contribution in [-0.2, 0) is 80.6 Å². The van der Waals surface area contributed by atoms with Crippen molar-refractivity contribution in [1.82, 2.24) is 70.8 Å². The number of hydrogen-bond acceptors (Lipinski definition) is 22. The van der Waals surface area contributed by atoms with Crippen molar-refractivity contribution in [3.8, 4) is 0 Å². The Morgan fingerprint density at radius 3 is 1.60 bits per heavy atom. The zero-order valence-corrected chi connectivity index (χ0v) is 57.6. The monoisotopic (exact) mass is 1440 g/mol. The SMILES string of the molecule is CC(=O)C(CNC(=O)c1cn(CCCNC(=O)CCC(=O)NCCCOCCCNC(=O)[C@@H](CC(=O)O)NC(=O)[C@@H](CC(=O)O)NC(=O)CN2CCN(CC(=O)O)CCN(CC(=O)O)CCN(CC(=O)O)CC2)c2cc(CNc3ncc[nH]3)ccc2c1=O)NS(=O)(=O)c1c(C)cc(C)cc1C. The number of aryl methyl sites for hydroxylation is 4. The van der Waals surface area contributed by atoms with Crippen LogP contribution in [-0.4, -0.2) is 275 Å². The van der Waals surface area contributed by atoms with Gasteiger partial charge in [-0.05, 0) is 75.8 Å². The van der Waals surface area contributed by atoms with Gasteiger partial charge in [-0.2, -0.15) is 4.72 Å². The number of aliphatic carboxylic acids is 5. The van der Waals surface area contributed by atoms with Crippen molar-refractivity contribution in [2.24, 2.45) is 0 Å². The second-order valence-electron chi connectivity index (χ2n) is 24.3. The molecule has 1 saturated heterocycles. The lowest BCUT2D eigenvalue weighted by Gasteiger charge is -2.33. The molecule has 3 heterocycles. The standard InChI is InChI=1S/C64H91N15O21S/c1-40-28-41(2)60(42(3)29-40)101(98,99)74-49(43(4)80)34-70-61(95)46-35-79(50-30-44(8-9-45(50)59(46)94)33-71-64-68-15-16-69-64)17-5-12-65-51(81)10-11-52(82)66-13-6-26-100-27-7-14-67-62(96)47(31-54(84)85)73-63(97)48(32-55(86)87)72-53(83)36-75-18-20-76(37-56(88)89)22-24-78(39-58(92)93)25-23-77(21-19-75)38-57(90)91/h8-9,15-16,28-30,35,47-49,74H,5-7,10-14,17-27,31-34,36-39H2,1-4H3,(H,65,81)(H,66,82)(H,67,96)(H,70,95)(H,72,83)(H,73,97)(H,84,85)(H,86,87)(H,88,89)(H,90,91)(H,92,93)(H2,68,69,71)/t47-,48-,49?/m1/s1. The van der Waals surface area contributed by atoms with E-state index in [1.54, 1.807) is 66.0 Å². The molecular weight excluding hydrogens is 1350 g/mol. The smallest absolute Gasteiger partial charge is 0.317 e. The number of rotatable bonds is 41. The van der Waals surface area contributed by atoms with Crippen molar-refractivity contribution < 1.29 is 96.2 Å². The van der Waals surface area contributed by atoms with Crippen LogP contribution >= 0.6 is 0 Å². The summed E-state index contributed by atoms with van der Waals surface area (Å²) in [5.41, 5.74) is 2.12. The van der Waals surface area contributed by atoms with E-state index in [1.807, 2.05) is 6.92 Å². The van der Waals surface area contributed by atoms with Gasteiger partial charge in [-0.15, -0.1) is 0 Å². The zero-order chi connectivity index (χ0) is 74.3. The number of pyridine rings is 1. The minimum Gasteiger partial charge on any atom is -0.481 e. The van der Waals surface area contributed by atoms with Crippen molar-refractivity contribution in [3.63, 3.8) is 0 Å². The molecular formula is C64H91N15O21S. The second-order valence-corrected chi connectivity index (χ2v) is 25.9. The predicted molar refractivity (Wildman–Crippen MR) is 362 cm³/mol. The summed E-state index contributed by atoms with van der Waals surface area (Å²) >= 11 is 0. The average Bonchev–Trinajstić information content (AvgIpc) is 0.887. The number of nitrogens with zero attached hydrogens (tertiary/aromatic N) is 6. The van der Waals surface area contributed by atoms with Gasteiger partial charge in [0.1, 0.15) is 23.4 Å². The fourth-order valence-electron chi connectivity index (χ4n) is 11.0. The third-order valence-electron chi connectivity index (χ3n) is 15.9. The van der Waals surface area contributed by atoms with Gasteiger partial charge in [-0.25, -0.2) is 13.4 Å². The first-order valence-corrected chi connectivity index (χ1v) is 34.1. The van der Waals surface area contributed by atoms with Crippen molar-refractivity contribution >= 4 is 97.9 Å². The third kappa shape index (κ3) is 29.1. The molecule has 36 nitrogen and oxygen atoms in total. The number of anilines is 1. The van der Waals surface area contributed by atoms with Crippen LogP contribution in [0.3, 0.4) is 0 Å². The summed E-state index contributed by atoms with van der Waals surface area (Å²) in [7, 11) is -4.23. The molecule has 14 N–H and O–H groups in total. The molecule has 554 valence electrons. The number of ketones is 1. The number of Topliss-reactive ketones (excluding diaryl/α,β-unsaturated/α-hetero) is 1. The van der Waals surface area contributed by atoms with E-state index >= 15 is 0 Å². The number of aromatic nitrogens is 3. The van der Waals surface area contributed by atoms with E-state index < -0.39 is 144 Å². The number of amides is 6. The highest BCUT2D eigenvalue weighted by atomic mass is 32.2. The van der Waals surface area contributed by atoms with E-state index in [4.69, 9.17) is 4.74 Å². The van der Waals surface area contributed by atoms with Gasteiger partial charge in [0.25, 0.3) is 5.91 Å². The molecule has 5 rings (SSSR count). The summed E-state index contributed by atoms with van der Waals surface area (Å²) in [5, 5.41) is 66.1.